The Labute approximate surface area is 142 Å². The fourth-order valence-corrected chi connectivity index (χ4v) is 3.43. The van der Waals surface area contributed by atoms with Gasteiger partial charge in [-0.15, -0.1) is 0 Å². The second-order valence-corrected chi connectivity index (χ2v) is 6.55. The van der Waals surface area contributed by atoms with Gasteiger partial charge in [0.2, 0.25) is 5.91 Å². The molecule has 0 spiro atoms. The monoisotopic (exact) mass is 334 g/mol. The van der Waals surface area contributed by atoms with Gasteiger partial charge in [0.1, 0.15) is 0 Å². The zero-order chi connectivity index (χ0) is 17.1. The molecule has 132 valence electrons. The summed E-state index contributed by atoms with van der Waals surface area (Å²) < 4.78 is 6.95. The van der Waals surface area contributed by atoms with Crippen molar-refractivity contribution >= 4 is 11.9 Å². The minimum Gasteiger partial charge on any atom is -0.383 e. The molecule has 24 heavy (non-hydrogen) atoms. The molecule has 1 aromatic heterocycles. The van der Waals surface area contributed by atoms with Crippen LogP contribution in [0.4, 0.5) is 0 Å². The highest BCUT2D eigenvalue weighted by atomic mass is 16.5. The van der Waals surface area contributed by atoms with Crippen LogP contribution in [-0.2, 0) is 16.6 Å². The molecule has 3 rings (SSSR count). The molecule has 0 aromatic carbocycles. The first-order valence-corrected chi connectivity index (χ1v) is 8.40. The second kappa shape index (κ2) is 7.21. The molecule has 1 aromatic rings. The van der Waals surface area contributed by atoms with Gasteiger partial charge in [-0.1, -0.05) is 0 Å². The van der Waals surface area contributed by atoms with Crippen LogP contribution in [0.5, 0.6) is 0 Å². The van der Waals surface area contributed by atoms with E-state index in [2.05, 4.69) is 27.6 Å². The van der Waals surface area contributed by atoms with Crippen molar-refractivity contribution in [1.29, 1.82) is 0 Å². The van der Waals surface area contributed by atoms with Gasteiger partial charge in [-0.25, -0.2) is 0 Å². The minimum atomic E-state index is 0.0216. The van der Waals surface area contributed by atoms with Crippen LogP contribution in [0.2, 0.25) is 0 Å². The number of aromatic nitrogens is 2. The molecule has 3 heterocycles. The lowest BCUT2D eigenvalue weighted by atomic mass is 9.95. The number of likely N-dealkylation sites (tertiary alicyclic amines) is 1. The maximum Gasteiger partial charge on any atom is 0.223 e. The van der Waals surface area contributed by atoms with Crippen molar-refractivity contribution in [3.8, 4) is 0 Å². The minimum absolute atomic E-state index is 0.0216. The summed E-state index contributed by atoms with van der Waals surface area (Å²) in [6.07, 6.45) is 4.37. The maximum absolute atomic E-state index is 12.5. The molecule has 0 radical (unpaired) electrons. The third-order valence-corrected chi connectivity index (χ3v) is 4.58. The summed E-state index contributed by atoms with van der Waals surface area (Å²) in [6.45, 7) is 4.73. The number of guanidine groups is 1. The van der Waals surface area contributed by atoms with Crippen LogP contribution in [0.3, 0.4) is 0 Å². The van der Waals surface area contributed by atoms with E-state index in [0.717, 1.165) is 18.1 Å². The van der Waals surface area contributed by atoms with E-state index < -0.39 is 0 Å². The number of ether oxygens (including phenoxy) is 1. The van der Waals surface area contributed by atoms with Gasteiger partial charge in [0.25, 0.3) is 0 Å². The van der Waals surface area contributed by atoms with Gasteiger partial charge in [-0.05, 0) is 6.92 Å². The number of rotatable bonds is 6. The summed E-state index contributed by atoms with van der Waals surface area (Å²) in [7, 11) is 3.55. The topological polar surface area (TPSA) is 83.8 Å². The Morgan fingerprint density at radius 1 is 1.50 bits per heavy atom. The van der Waals surface area contributed by atoms with Crippen LogP contribution in [0.25, 0.3) is 0 Å². The van der Waals surface area contributed by atoms with Crippen molar-refractivity contribution in [2.45, 2.75) is 25.4 Å². The molecule has 3 atom stereocenters. The largest absolute Gasteiger partial charge is 0.383 e. The molecule has 1 fully saturated rings. The van der Waals surface area contributed by atoms with Gasteiger partial charge in [-0.3, -0.25) is 14.5 Å². The standard InChI is InChI=1S/C16H26N6O2/c1-11-7-17-16(20-11)18-8-12-6-14(23)22(4-5-24-3)15(12)13-9-19-21(2)10-13/h9-12,15H,4-8H2,1-3H3,(H2,17,18,20)/t11?,12-,15+/m0/s1. The fourth-order valence-electron chi connectivity index (χ4n) is 3.43. The van der Waals surface area contributed by atoms with Gasteiger partial charge < -0.3 is 20.3 Å². The van der Waals surface area contributed by atoms with Crippen LogP contribution >= 0.6 is 0 Å². The Bertz CT molecular complexity index is 613. The maximum atomic E-state index is 12.5. The molecule has 0 saturated carbocycles. The molecule has 8 nitrogen and oxygen atoms in total. The van der Waals surface area contributed by atoms with Gasteiger partial charge in [0.15, 0.2) is 5.96 Å². The van der Waals surface area contributed by atoms with Crippen molar-refractivity contribution in [2.24, 2.45) is 18.0 Å². The Kier molecular flexibility index (Phi) is 5.03. The van der Waals surface area contributed by atoms with Gasteiger partial charge in [-0.2, -0.15) is 5.10 Å². The third-order valence-electron chi connectivity index (χ3n) is 4.58. The predicted octanol–water partition coefficient (Wildman–Crippen LogP) is -0.107. The zero-order valence-electron chi connectivity index (χ0n) is 14.5. The zero-order valence-corrected chi connectivity index (χ0v) is 14.5. The summed E-state index contributed by atoms with van der Waals surface area (Å²) in [5, 5.41) is 10.9. The Balaban J connectivity index is 1.72. The lowest BCUT2D eigenvalue weighted by Crippen LogP contribution is -2.41. The van der Waals surface area contributed by atoms with Crippen LogP contribution in [0.15, 0.2) is 17.4 Å². The summed E-state index contributed by atoms with van der Waals surface area (Å²) >= 11 is 0. The number of nitrogens with zero attached hydrogens (tertiary/aromatic N) is 4. The molecule has 1 unspecified atom stereocenters. The number of methoxy groups -OCH3 is 1. The average Bonchev–Trinajstić information content (AvgIpc) is 3.23. The van der Waals surface area contributed by atoms with E-state index in [0.29, 0.717) is 32.2 Å². The molecule has 2 aliphatic heterocycles. The van der Waals surface area contributed by atoms with Gasteiger partial charge in [0, 0.05) is 57.4 Å². The van der Waals surface area contributed by atoms with Crippen LogP contribution in [0.1, 0.15) is 24.9 Å². The van der Waals surface area contributed by atoms with E-state index in [-0.39, 0.29) is 17.9 Å². The summed E-state index contributed by atoms with van der Waals surface area (Å²) in [6, 6.07) is 0.387. The number of aryl methyl sites for hydroxylation is 1. The number of amides is 1. The Morgan fingerprint density at radius 3 is 2.96 bits per heavy atom. The Morgan fingerprint density at radius 2 is 2.33 bits per heavy atom. The molecule has 1 amide bonds. The highest BCUT2D eigenvalue weighted by molar-refractivity contribution is 5.82. The van der Waals surface area contributed by atoms with Gasteiger partial charge in [0.05, 0.1) is 25.4 Å². The van der Waals surface area contributed by atoms with Crippen molar-refractivity contribution in [3.63, 3.8) is 0 Å². The summed E-state index contributed by atoms with van der Waals surface area (Å²) in [5.74, 6) is 1.18. The van der Waals surface area contributed by atoms with Crippen LogP contribution in [0, 0.1) is 5.92 Å². The highest BCUT2D eigenvalue weighted by Crippen LogP contribution is 2.37. The lowest BCUT2D eigenvalue weighted by molar-refractivity contribution is -0.129. The number of nitrogens with one attached hydrogen (secondary N) is 2. The number of hydrogen-bond donors (Lipinski definition) is 2. The van der Waals surface area contributed by atoms with Crippen molar-refractivity contribution < 1.29 is 9.53 Å². The molecule has 1 saturated heterocycles. The summed E-state index contributed by atoms with van der Waals surface area (Å²) in [4.78, 5) is 18.8. The van der Waals surface area contributed by atoms with Crippen molar-refractivity contribution in [1.82, 2.24) is 25.3 Å². The highest BCUT2D eigenvalue weighted by Gasteiger charge is 2.41. The van der Waals surface area contributed by atoms with Crippen LogP contribution in [-0.4, -0.2) is 65.9 Å². The first-order valence-electron chi connectivity index (χ1n) is 8.40. The molecule has 0 bridgehead atoms. The number of hydrogen-bond acceptors (Lipinski definition) is 6. The Hall–Kier alpha value is -2.09. The first-order chi connectivity index (χ1) is 11.6. The predicted molar refractivity (Wildman–Crippen MR) is 90.5 cm³/mol. The number of carbonyl (C=O) groups is 1. The summed E-state index contributed by atoms with van der Waals surface area (Å²) in [5.41, 5.74) is 1.07. The van der Waals surface area contributed by atoms with Crippen molar-refractivity contribution in [3.05, 3.63) is 18.0 Å². The SMILES string of the molecule is COCCN1C(=O)C[C@@H](CNC2=NCC(C)N2)[C@@H]1c1cnn(C)c1. The van der Waals surface area contributed by atoms with E-state index in [1.54, 1.807) is 11.8 Å². The first kappa shape index (κ1) is 16.8. The normalized spacial score (nSPS) is 26.6. The molecule has 0 aliphatic carbocycles. The lowest BCUT2D eigenvalue weighted by Gasteiger charge is -2.27. The van der Waals surface area contributed by atoms with E-state index in [1.165, 1.54) is 0 Å². The van der Waals surface area contributed by atoms with E-state index in [4.69, 9.17) is 4.74 Å². The van der Waals surface area contributed by atoms with E-state index in [9.17, 15) is 4.79 Å². The van der Waals surface area contributed by atoms with E-state index in [1.807, 2.05) is 24.3 Å². The molecule has 2 N–H and O–H groups in total. The average molecular weight is 334 g/mol. The van der Waals surface area contributed by atoms with Crippen molar-refractivity contribution in [2.75, 3.05) is 33.4 Å². The van der Waals surface area contributed by atoms with Crippen LogP contribution < -0.4 is 10.6 Å². The number of carbonyl (C=O) groups excluding carboxylic acids is 1. The fraction of sp³-hybridized carbons (Fsp3) is 0.688. The molecular weight excluding hydrogens is 308 g/mol. The van der Waals surface area contributed by atoms with Gasteiger partial charge >= 0.3 is 0 Å². The second-order valence-electron chi connectivity index (χ2n) is 6.55. The quantitative estimate of drug-likeness (QED) is 0.759. The smallest absolute Gasteiger partial charge is 0.223 e. The third kappa shape index (κ3) is 3.53. The molecule has 8 heteroatoms. The van der Waals surface area contributed by atoms with E-state index >= 15 is 0 Å². The number of aliphatic imine (C=N–C) groups is 1. The molecule has 2 aliphatic rings. The molecular formula is C16H26N6O2.